The number of fused-ring (bicyclic) bond motifs is 3. The summed E-state index contributed by atoms with van der Waals surface area (Å²) in [5, 5.41) is 5.53. The Bertz CT molecular complexity index is 1460. The maximum atomic E-state index is 13.0. The second-order valence-corrected chi connectivity index (χ2v) is 11.3. The Morgan fingerprint density at radius 3 is 2.54 bits per heavy atom. The lowest BCUT2D eigenvalue weighted by atomic mass is 9.80. The fourth-order valence-corrected chi connectivity index (χ4v) is 5.26. The maximum Gasteiger partial charge on any atom is 0.251 e. The molecular formula is C31H34N4O4. The van der Waals surface area contributed by atoms with Crippen LogP contribution in [0.3, 0.4) is 0 Å². The number of amides is 2. The average molecular weight is 527 g/mol. The lowest BCUT2D eigenvalue weighted by Crippen LogP contribution is -2.36. The first kappa shape index (κ1) is 26.4. The smallest absolute Gasteiger partial charge is 0.251 e. The summed E-state index contributed by atoms with van der Waals surface area (Å²) >= 11 is 0. The maximum absolute atomic E-state index is 13.0. The molecule has 2 aliphatic rings. The molecule has 0 spiro atoms. The summed E-state index contributed by atoms with van der Waals surface area (Å²) in [6, 6.07) is 13.1. The van der Waals surface area contributed by atoms with Crippen molar-refractivity contribution in [2.75, 3.05) is 13.7 Å². The molecule has 0 bridgehead atoms. The number of ether oxygens (including phenoxy) is 2. The van der Waals surface area contributed by atoms with E-state index in [9.17, 15) is 9.59 Å². The number of hydrogen-bond donors (Lipinski definition) is 2. The molecule has 2 amide bonds. The number of pyridine rings is 1. The number of aliphatic imine (C=N–C) groups is 1. The molecule has 0 aliphatic carbocycles. The molecule has 0 radical (unpaired) electrons. The third-order valence-electron chi connectivity index (χ3n) is 6.95. The first-order valence-electron chi connectivity index (χ1n) is 13.1. The zero-order valence-electron chi connectivity index (χ0n) is 23.1. The van der Waals surface area contributed by atoms with Crippen LogP contribution in [0.15, 0.2) is 59.9 Å². The summed E-state index contributed by atoms with van der Waals surface area (Å²) in [6.45, 7) is 8.61. The zero-order valence-corrected chi connectivity index (χ0v) is 23.1. The SMILES string of the molecule is COc1cc2c(c3c1OC(C)(C)C3)C(c1cccc(C(=O)NCC(=O)NCc3ccncc3)c1)=NC(C)(C)C2. The molecule has 0 fully saturated rings. The molecular weight excluding hydrogens is 492 g/mol. The van der Waals surface area contributed by atoms with Gasteiger partial charge >= 0.3 is 0 Å². The Morgan fingerprint density at radius 2 is 1.79 bits per heavy atom. The molecule has 5 rings (SSSR count). The van der Waals surface area contributed by atoms with Crippen LogP contribution >= 0.6 is 0 Å². The van der Waals surface area contributed by atoms with Crippen molar-refractivity contribution in [1.29, 1.82) is 0 Å². The number of benzene rings is 2. The van der Waals surface area contributed by atoms with Gasteiger partial charge in [0.25, 0.3) is 5.91 Å². The van der Waals surface area contributed by atoms with E-state index in [0.29, 0.717) is 12.1 Å². The van der Waals surface area contributed by atoms with Crippen LogP contribution in [-0.4, -0.2) is 47.3 Å². The van der Waals surface area contributed by atoms with Gasteiger partial charge in [-0.2, -0.15) is 0 Å². The second-order valence-electron chi connectivity index (χ2n) is 11.3. The van der Waals surface area contributed by atoms with E-state index in [-0.39, 0.29) is 29.5 Å². The highest BCUT2D eigenvalue weighted by molar-refractivity contribution is 6.17. The highest BCUT2D eigenvalue weighted by Crippen LogP contribution is 2.47. The monoisotopic (exact) mass is 526 g/mol. The van der Waals surface area contributed by atoms with Gasteiger partial charge in [0, 0.05) is 47.6 Å². The van der Waals surface area contributed by atoms with Crippen LogP contribution in [0.25, 0.3) is 0 Å². The molecule has 1 aromatic heterocycles. The fraction of sp³-hybridized carbons (Fsp3) is 0.355. The zero-order chi connectivity index (χ0) is 27.8. The van der Waals surface area contributed by atoms with Crippen molar-refractivity contribution in [3.63, 3.8) is 0 Å². The summed E-state index contributed by atoms with van der Waals surface area (Å²) in [5.74, 6) is 0.911. The standard InChI is InChI=1S/C31H34N4O4/c1-30(2)15-22-14-24(38-5)28-23(16-31(3,4)39-28)26(22)27(35-30)20-7-6-8-21(13-20)29(37)34-18-25(36)33-17-19-9-11-32-12-10-19/h6-14H,15-18H2,1-5H3,(H,33,36)(H,34,37). The molecule has 0 unspecified atom stereocenters. The van der Waals surface area contributed by atoms with Gasteiger partial charge in [-0.25, -0.2) is 0 Å². The van der Waals surface area contributed by atoms with E-state index in [1.54, 1.807) is 25.6 Å². The Morgan fingerprint density at radius 1 is 1.03 bits per heavy atom. The van der Waals surface area contributed by atoms with Crippen LogP contribution in [0.5, 0.6) is 11.5 Å². The first-order valence-corrected chi connectivity index (χ1v) is 13.1. The van der Waals surface area contributed by atoms with Crippen molar-refractivity contribution in [1.82, 2.24) is 15.6 Å². The molecule has 0 atom stereocenters. The fourth-order valence-electron chi connectivity index (χ4n) is 5.26. The van der Waals surface area contributed by atoms with Gasteiger partial charge < -0.3 is 20.1 Å². The minimum Gasteiger partial charge on any atom is -0.493 e. The average Bonchev–Trinajstić information content (AvgIpc) is 3.24. The molecule has 0 saturated carbocycles. The predicted molar refractivity (Wildman–Crippen MR) is 150 cm³/mol. The molecule has 2 aromatic carbocycles. The van der Waals surface area contributed by atoms with E-state index < -0.39 is 0 Å². The number of rotatable bonds is 7. The van der Waals surface area contributed by atoms with Crippen LogP contribution in [0, 0.1) is 0 Å². The van der Waals surface area contributed by atoms with E-state index in [4.69, 9.17) is 14.5 Å². The van der Waals surface area contributed by atoms with Gasteiger partial charge in [0.05, 0.1) is 24.9 Å². The highest BCUT2D eigenvalue weighted by atomic mass is 16.5. The number of carbonyl (C=O) groups excluding carboxylic acids is 2. The molecule has 202 valence electrons. The highest BCUT2D eigenvalue weighted by Gasteiger charge is 2.39. The summed E-state index contributed by atoms with van der Waals surface area (Å²) < 4.78 is 12.0. The normalized spacial score (nSPS) is 16.3. The number of hydrogen-bond acceptors (Lipinski definition) is 6. The van der Waals surface area contributed by atoms with Crippen molar-refractivity contribution < 1.29 is 19.1 Å². The summed E-state index contributed by atoms with van der Waals surface area (Å²) in [5.41, 5.74) is 5.69. The van der Waals surface area contributed by atoms with Crippen LogP contribution < -0.4 is 20.1 Å². The van der Waals surface area contributed by atoms with Gasteiger partial charge in [0.15, 0.2) is 11.5 Å². The molecule has 3 heterocycles. The Hall–Kier alpha value is -4.20. The molecule has 39 heavy (non-hydrogen) atoms. The second kappa shape index (κ2) is 10.2. The van der Waals surface area contributed by atoms with Crippen LogP contribution in [0.1, 0.15) is 65.9 Å². The van der Waals surface area contributed by atoms with Gasteiger partial charge in [-0.3, -0.25) is 19.6 Å². The third-order valence-corrected chi connectivity index (χ3v) is 6.95. The molecule has 2 aliphatic heterocycles. The molecule has 8 heteroatoms. The largest absolute Gasteiger partial charge is 0.493 e. The number of nitrogens with one attached hydrogen (secondary N) is 2. The van der Waals surface area contributed by atoms with Gasteiger partial charge in [-0.05, 0) is 75.6 Å². The van der Waals surface area contributed by atoms with E-state index in [1.165, 1.54) is 0 Å². The Labute approximate surface area is 228 Å². The molecule has 2 N–H and O–H groups in total. The quantitative estimate of drug-likeness (QED) is 0.484. The minimum atomic E-state index is -0.359. The van der Waals surface area contributed by atoms with Crippen molar-refractivity contribution in [2.24, 2.45) is 4.99 Å². The van der Waals surface area contributed by atoms with E-state index >= 15 is 0 Å². The van der Waals surface area contributed by atoms with E-state index in [1.807, 2.05) is 30.3 Å². The van der Waals surface area contributed by atoms with Gasteiger partial charge in [-0.1, -0.05) is 12.1 Å². The lowest BCUT2D eigenvalue weighted by molar-refractivity contribution is -0.120. The third kappa shape index (κ3) is 5.65. The van der Waals surface area contributed by atoms with Crippen LogP contribution in [0.2, 0.25) is 0 Å². The van der Waals surface area contributed by atoms with E-state index in [0.717, 1.165) is 57.9 Å². The molecule has 0 saturated heterocycles. The Kier molecular flexibility index (Phi) is 6.89. The number of aromatic nitrogens is 1. The molecule has 3 aromatic rings. The summed E-state index contributed by atoms with van der Waals surface area (Å²) in [7, 11) is 1.67. The van der Waals surface area contributed by atoms with E-state index in [2.05, 4.69) is 49.4 Å². The number of methoxy groups -OCH3 is 1. The van der Waals surface area contributed by atoms with Crippen LogP contribution in [-0.2, 0) is 24.2 Å². The van der Waals surface area contributed by atoms with Crippen molar-refractivity contribution in [3.8, 4) is 11.5 Å². The summed E-state index contributed by atoms with van der Waals surface area (Å²) in [6.07, 6.45) is 4.84. The van der Waals surface area contributed by atoms with Gasteiger partial charge in [0.2, 0.25) is 5.91 Å². The summed E-state index contributed by atoms with van der Waals surface area (Å²) in [4.78, 5) is 34.4. The predicted octanol–water partition coefficient (Wildman–Crippen LogP) is 4.02. The number of carbonyl (C=O) groups is 2. The van der Waals surface area contributed by atoms with Crippen LogP contribution in [0.4, 0.5) is 0 Å². The Balaban J connectivity index is 1.39. The van der Waals surface area contributed by atoms with Crippen molar-refractivity contribution >= 4 is 17.5 Å². The van der Waals surface area contributed by atoms with Crippen molar-refractivity contribution in [3.05, 3.63) is 88.2 Å². The lowest BCUT2D eigenvalue weighted by Gasteiger charge is -2.31. The number of nitrogens with zero attached hydrogens (tertiary/aromatic N) is 2. The molecule has 8 nitrogen and oxygen atoms in total. The van der Waals surface area contributed by atoms with Gasteiger partial charge in [0.1, 0.15) is 5.60 Å². The topological polar surface area (TPSA) is 102 Å². The first-order chi connectivity index (χ1) is 18.5. The van der Waals surface area contributed by atoms with Crippen molar-refractivity contribution in [2.45, 2.75) is 58.2 Å². The minimum absolute atomic E-state index is 0.120. The van der Waals surface area contributed by atoms with Gasteiger partial charge in [-0.15, -0.1) is 0 Å².